The second-order valence-corrected chi connectivity index (χ2v) is 4.18. The fourth-order valence-corrected chi connectivity index (χ4v) is 1.70. The van der Waals surface area contributed by atoms with Crippen LogP contribution in [-0.4, -0.2) is 25.8 Å². The first kappa shape index (κ1) is 12.8. The maximum Gasteiger partial charge on any atom is 0.341 e. The van der Waals surface area contributed by atoms with Crippen LogP contribution >= 0.6 is 0 Å². The van der Waals surface area contributed by atoms with Crippen molar-refractivity contribution < 1.29 is 23.0 Å². The summed E-state index contributed by atoms with van der Waals surface area (Å²) in [5.41, 5.74) is 4.40. The van der Waals surface area contributed by atoms with Gasteiger partial charge in [0.25, 0.3) is 0 Å². The van der Waals surface area contributed by atoms with Crippen LogP contribution < -0.4 is 5.73 Å². The predicted octanol–water partition coefficient (Wildman–Crippen LogP) is 1.74. The molecule has 1 aromatic carbocycles. The van der Waals surface area contributed by atoms with Crippen molar-refractivity contribution in [1.29, 1.82) is 0 Å². The lowest BCUT2D eigenvalue weighted by atomic mass is 10.1. The van der Waals surface area contributed by atoms with Gasteiger partial charge in [-0.2, -0.15) is 0 Å². The molecule has 2 rings (SSSR count). The molecule has 0 spiro atoms. The highest BCUT2D eigenvalue weighted by Crippen LogP contribution is 2.18. The number of nitrogens with two attached hydrogens (primary N) is 1. The molecule has 0 radical (unpaired) electrons. The van der Waals surface area contributed by atoms with Crippen LogP contribution in [0.2, 0.25) is 0 Å². The molecular weight excluding hydrogens is 244 g/mol. The number of nitrogen functional groups attached to an aromatic ring is 1. The zero-order valence-electron chi connectivity index (χ0n) is 9.62. The summed E-state index contributed by atoms with van der Waals surface area (Å²) in [7, 11) is 0. The number of benzene rings is 1. The van der Waals surface area contributed by atoms with Gasteiger partial charge in [-0.25, -0.2) is 13.6 Å². The molecule has 6 heteroatoms. The fraction of sp³-hybridized carbons (Fsp3) is 0.417. The molecule has 0 aliphatic carbocycles. The zero-order chi connectivity index (χ0) is 13.1. The van der Waals surface area contributed by atoms with Crippen molar-refractivity contribution in [3.8, 4) is 0 Å². The SMILES string of the molecule is Nc1cc(F)c(C(=O)OCC2CCOC2)cc1F. The number of esters is 1. The lowest BCUT2D eigenvalue weighted by Gasteiger charge is -2.10. The van der Waals surface area contributed by atoms with E-state index in [1.54, 1.807) is 0 Å². The highest BCUT2D eigenvalue weighted by Gasteiger charge is 2.20. The maximum atomic E-state index is 13.4. The number of carbonyl (C=O) groups excluding carboxylic acids is 1. The van der Waals surface area contributed by atoms with E-state index in [1.165, 1.54) is 0 Å². The molecule has 2 N–H and O–H groups in total. The average Bonchev–Trinajstić information content (AvgIpc) is 2.84. The molecule has 1 atom stereocenters. The topological polar surface area (TPSA) is 61.6 Å². The van der Waals surface area contributed by atoms with E-state index in [0.29, 0.717) is 13.2 Å². The molecule has 1 aliphatic rings. The summed E-state index contributed by atoms with van der Waals surface area (Å²) >= 11 is 0. The van der Waals surface area contributed by atoms with Gasteiger partial charge in [-0.3, -0.25) is 0 Å². The Morgan fingerprint density at radius 2 is 2.22 bits per heavy atom. The molecule has 1 fully saturated rings. The third-order valence-corrected chi connectivity index (χ3v) is 2.78. The minimum absolute atomic E-state index is 0.121. The number of ether oxygens (including phenoxy) is 2. The summed E-state index contributed by atoms with van der Waals surface area (Å²) in [4.78, 5) is 11.6. The Hall–Kier alpha value is -1.69. The quantitative estimate of drug-likeness (QED) is 0.661. The van der Waals surface area contributed by atoms with Crippen LogP contribution in [0.4, 0.5) is 14.5 Å². The van der Waals surface area contributed by atoms with E-state index in [1.807, 2.05) is 0 Å². The monoisotopic (exact) mass is 257 g/mol. The lowest BCUT2D eigenvalue weighted by Crippen LogP contribution is -2.15. The van der Waals surface area contributed by atoms with Crippen LogP contribution in [0, 0.1) is 17.6 Å². The van der Waals surface area contributed by atoms with Crippen LogP contribution in [-0.2, 0) is 9.47 Å². The van der Waals surface area contributed by atoms with E-state index in [2.05, 4.69) is 0 Å². The number of halogens is 2. The number of rotatable bonds is 3. The van der Waals surface area contributed by atoms with Crippen molar-refractivity contribution in [1.82, 2.24) is 0 Å². The van der Waals surface area contributed by atoms with E-state index in [0.717, 1.165) is 18.6 Å². The Kier molecular flexibility index (Phi) is 3.76. The number of hydrogen-bond donors (Lipinski definition) is 1. The molecule has 18 heavy (non-hydrogen) atoms. The number of carbonyl (C=O) groups is 1. The molecule has 0 aromatic heterocycles. The Morgan fingerprint density at radius 1 is 1.44 bits per heavy atom. The average molecular weight is 257 g/mol. The fourth-order valence-electron chi connectivity index (χ4n) is 1.70. The molecule has 0 bridgehead atoms. The van der Waals surface area contributed by atoms with Crippen LogP contribution in [0.5, 0.6) is 0 Å². The molecule has 98 valence electrons. The second-order valence-electron chi connectivity index (χ2n) is 4.18. The van der Waals surface area contributed by atoms with Gasteiger partial charge in [-0.15, -0.1) is 0 Å². The molecule has 1 aliphatic heterocycles. The second kappa shape index (κ2) is 5.30. The maximum absolute atomic E-state index is 13.4. The third kappa shape index (κ3) is 2.76. The first-order valence-corrected chi connectivity index (χ1v) is 5.57. The number of anilines is 1. The molecule has 4 nitrogen and oxygen atoms in total. The van der Waals surface area contributed by atoms with Crippen molar-refractivity contribution in [2.45, 2.75) is 6.42 Å². The normalized spacial score (nSPS) is 18.9. The van der Waals surface area contributed by atoms with Gasteiger partial charge in [0.15, 0.2) is 0 Å². The highest BCUT2D eigenvalue weighted by molar-refractivity contribution is 5.90. The standard InChI is InChI=1S/C12H13F2NO3/c13-9-4-11(15)10(14)3-8(9)12(16)18-6-7-1-2-17-5-7/h3-4,7H,1-2,5-6,15H2. The lowest BCUT2D eigenvalue weighted by molar-refractivity contribution is 0.0422. The van der Waals surface area contributed by atoms with Gasteiger partial charge in [0, 0.05) is 18.6 Å². The van der Waals surface area contributed by atoms with Crippen molar-refractivity contribution >= 4 is 11.7 Å². The van der Waals surface area contributed by atoms with E-state index < -0.39 is 23.2 Å². The van der Waals surface area contributed by atoms with Crippen LogP contribution in [0.1, 0.15) is 16.8 Å². The van der Waals surface area contributed by atoms with Gasteiger partial charge in [0.05, 0.1) is 24.5 Å². The highest BCUT2D eigenvalue weighted by atomic mass is 19.1. The van der Waals surface area contributed by atoms with Crippen molar-refractivity contribution in [3.63, 3.8) is 0 Å². The summed E-state index contributed by atoms with van der Waals surface area (Å²) in [5.74, 6) is -2.50. The first-order valence-electron chi connectivity index (χ1n) is 5.57. The Balaban J connectivity index is 2.01. The summed E-state index contributed by atoms with van der Waals surface area (Å²) in [6.07, 6.45) is 0.797. The van der Waals surface area contributed by atoms with Gasteiger partial charge < -0.3 is 15.2 Å². The zero-order valence-corrected chi connectivity index (χ0v) is 9.62. The minimum atomic E-state index is -0.890. The minimum Gasteiger partial charge on any atom is -0.462 e. The van der Waals surface area contributed by atoms with Crippen LogP contribution in [0.3, 0.4) is 0 Å². The molecule has 1 unspecified atom stereocenters. The van der Waals surface area contributed by atoms with Crippen molar-refractivity contribution in [2.75, 3.05) is 25.6 Å². The third-order valence-electron chi connectivity index (χ3n) is 2.78. The van der Waals surface area contributed by atoms with E-state index in [9.17, 15) is 13.6 Å². The molecule has 1 heterocycles. The van der Waals surface area contributed by atoms with Gasteiger partial charge >= 0.3 is 5.97 Å². The first-order chi connectivity index (χ1) is 8.58. The summed E-state index contributed by atoms with van der Waals surface area (Å²) in [6.45, 7) is 1.29. The predicted molar refractivity (Wildman–Crippen MR) is 60.0 cm³/mol. The van der Waals surface area contributed by atoms with E-state index in [4.69, 9.17) is 15.2 Å². The molecule has 0 saturated carbocycles. The Labute approximate surface area is 103 Å². The molecule has 0 amide bonds. The van der Waals surface area contributed by atoms with Gasteiger partial charge in [-0.1, -0.05) is 0 Å². The van der Waals surface area contributed by atoms with Crippen molar-refractivity contribution in [3.05, 3.63) is 29.3 Å². The molecular formula is C12H13F2NO3. The van der Waals surface area contributed by atoms with E-state index in [-0.39, 0.29) is 18.2 Å². The summed E-state index contributed by atoms with van der Waals surface area (Å²) in [6, 6.07) is 1.52. The summed E-state index contributed by atoms with van der Waals surface area (Å²) < 4.78 is 36.6. The van der Waals surface area contributed by atoms with Gasteiger partial charge in [0.2, 0.25) is 0 Å². The van der Waals surface area contributed by atoms with E-state index >= 15 is 0 Å². The van der Waals surface area contributed by atoms with Crippen LogP contribution in [0.25, 0.3) is 0 Å². The smallest absolute Gasteiger partial charge is 0.341 e. The largest absolute Gasteiger partial charge is 0.462 e. The van der Waals surface area contributed by atoms with Gasteiger partial charge in [-0.05, 0) is 12.5 Å². The van der Waals surface area contributed by atoms with Crippen LogP contribution in [0.15, 0.2) is 12.1 Å². The summed E-state index contributed by atoms with van der Waals surface area (Å²) in [5, 5.41) is 0. The number of hydrogen-bond acceptors (Lipinski definition) is 4. The Morgan fingerprint density at radius 3 is 2.89 bits per heavy atom. The molecule has 1 aromatic rings. The van der Waals surface area contributed by atoms with Crippen molar-refractivity contribution in [2.24, 2.45) is 5.92 Å². The van der Waals surface area contributed by atoms with Gasteiger partial charge in [0.1, 0.15) is 11.6 Å². The Bertz CT molecular complexity index is 459. The molecule has 1 saturated heterocycles.